The third kappa shape index (κ3) is 5.77. The summed E-state index contributed by atoms with van der Waals surface area (Å²) in [7, 11) is 1.75. The Morgan fingerprint density at radius 1 is 1.35 bits per heavy atom. The van der Waals surface area contributed by atoms with Gasteiger partial charge in [0.05, 0.1) is 0 Å². The van der Waals surface area contributed by atoms with E-state index in [2.05, 4.69) is 27.6 Å². The summed E-state index contributed by atoms with van der Waals surface area (Å²) in [5.41, 5.74) is 0.976. The minimum Gasteiger partial charge on any atom is -0.356 e. The first kappa shape index (κ1) is 17.6. The summed E-state index contributed by atoms with van der Waals surface area (Å²) in [5.74, 6) is 1.16. The van der Waals surface area contributed by atoms with Crippen molar-refractivity contribution in [2.75, 3.05) is 13.6 Å². The van der Waals surface area contributed by atoms with E-state index in [9.17, 15) is 0 Å². The molecule has 1 atom stereocenters. The highest BCUT2D eigenvalue weighted by atomic mass is 35.5. The topological polar surface area (TPSA) is 54.2 Å². The molecule has 5 nitrogen and oxygen atoms in total. The van der Waals surface area contributed by atoms with Crippen molar-refractivity contribution in [3.8, 4) is 0 Å². The van der Waals surface area contributed by atoms with Crippen molar-refractivity contribution >= 4 is 29.2 Å². The van der Waals surface area contributed by atoms with Crippen LogP contribution in [-0.2, 0) is 13.1 Å². The predicted octanol–water partition coefficient (Wildman–Crippen LogP) is 3.19. The number of aromatic nitrogens is 2. The number of halogens is 2. The van der Waals surface area contributed by atoms with Crippen molar-refractivity contribution in [1.82, 2.24) is 20.4 Å². The fourth-order valence-electron chi connectivity index (χ4n) is 2.13. The summed E-state index contributed by atoms with van der Waals surface area (Å²) in [6.45, 7) is 4.41. The molecule has 1 aromatic heterocycles. The van der Waals surface area contributed by atoms with Crippen LogP contribution in [-0.4, -0.2) is 29.3 Å². The van der Waals surface area contributed by atoms with E-state index in [1.54, 1.807) is 19.3 Å². The Hall–Kier alpha value is -1.72. The first-order valence-electron chi connectivity index (χ1n) is 7.44. The highest BCUT2D eigenvalue weighted by molar-refractivity contribution is 6.35. The van der Waals surface area contributed by atoms with Gasteiger partial charge < -0.3 is 10.6 Å². The van der Waals surface area contributed by atoms with Crippen molar-refractivity contribution in [3.05, 3.63) is 52.3 Å². The van der Waals surface area contributed by atoms with E-state index in [1.807, 2.05) is 29.1 Å². The molecule has 2 rings (SSSR count). The molecule has 0 aliphatic carbocycles. The third-order valence-corrected chi connectivity index (χ3v) is 3.95. The van der Waals surface area contributed by atoms with Crippen LogP contribution in [0.4, 0.5) is 0 Å². The molecule has 1 heterocycles. The molecule has 7 heteroatoms. The molecule has 0 saturated heterocycles. The molecular formula is C16H21Cl2N5. The number of hydrogen-bond acceptors (Lipinski definition) is 2. The van der Waals surface area contributed by atoms with E-state index in [1.165, 1.54) is 0 Å². The van der Waals surface area contributed by atoms with Crippen LogP contribution >= 0.6 is 23.2 Å². The maximum Gasteiger partial charge on any atom is 0.191 e. The Labute approximate surface area is 146 Å². The van der Waals surface area contributed by atoms with Crippen LogP contribution in [0.25, 0.3) is 0 Å². The van der Waals surface area contributed by atoms with Crippen LogP contribution < -0.4 is 10.6 Å². The van der Waals surface area contributed by atoms with Gasteiger partial charge in [-0.2, -0.15) is 5.10 Å². The number of guanidine groups is 1. The average molecular weight is 354 g/mol. The van der Waals surface area contributed by atoms with Crippen molar-refractivity contribution in [1.29, 1.82) is 0 Å². The lowest BCUT2D eigenvalue weighted by molar-refractivity contribution is 0.443. The lowest BCUT2D eigenvalue weighted by Gasteiger charge is -2.16. The maximum absolute atomic E-state index is 6.17. The first-order valence-corrected chi connectivity index (χ1v) is 8.20. The van der Waals surface area contributed by atoms with Crippen molar-refractivity contribution in [3.63, 3.8) is 0 Å². The number of aliphatic imine (C=N–C) groups is 1. The Morgan fingerprint density at radius 3 is 2.83 bits per heavy atom. The molecule has 1 unspecified atom stereocenters. The fourth-order valence-corrected chi connectivity index (χ4v) is 2.60. The second-order valence-electron chi connectivity index (χ2n) is 5.38. The zero-order valence-electron chi connectivity index (χ0n) is 13.3. The molecule has 0 aliphatic rings. The lowest BCUT2D eigenvalue weighted by Crippen LogP contribution is -2.39. The van der Waals surface area contributed by atoms with Crippen molar-refractivity contribution in [2.45, 2.75) is 20.0 Å². The maximum atomic E-state index is 6.17. The number of nitrogens with zero attached hydrogens (tertiary/aromatic N) is 3. The average Bonchev–Trinajstić information content (AvgIpc) is 3.02. The molecule has 0 fully saturated rings. The number of hydrogen-bond donors (Lipinski definition) is 2. The van der Waals surface area contributed by atoms with Crippen molar-refractivity contribution < 1.29 is 0 Å². The monoisotopic (exact) mass is 353 g/mol. The largest absolute Gasteiger partial charge is 0.356 e. The summed E-state index contributed by atoms with van der Waals surface area (Å²) in [6.07, 6.45) is 3.75. The Bertz CT molecular complexity index is 640. The van der Waals surface area contributed by atoms with Gasteiger partial charge in [0.2, 0.25) is 0 Å². The number of nitrogens with one attached hydrogen (secondary N) is 2. The summed E-state index contributed by atoms with van der Waals surface area (Å²) < 4.78 is 1.93. The summed E-state index contributed by atoms with van der Waals surface area (Å²) in [5, 5.41) is 12.1. The van der Waals surface area contributed by atoms with Crippen LogP contribution in [0.1, 0.15) is 12.5 Å². The normalized spacial score (nSPS) is 13.0. The van der Waals surface area contributed by atoms with E-state index in [-0.39, 0.29) is 0 Å². The van der Waals surface area contributed by atoms with Gasteiger partial charge in [0.25, 0.3) is 0 Å². The highest BCUT2D eigenvalue weighted by Gasteiger charge is 2.06. The number of rotatable bonds is 6. The second kappa shape index (κ2) is 8.79. The molecule has 124 valence electrons. The van der Waals surface area contributed by atoms with E-state index in [0.29, 0.717) is 22.5 Å². The van der Waals surface area contributed by atoms with Crippen LogP contribution in [0.3, 0.4) is 0 Å². The summed E-state index contributed by atoms with van der Waals surface area (Å²) in [4.78, 5) is 4.22. The molecular weight excluding hydrogens is 333 g/mol. The van der Waals surface area contributed by atoms with Gasteiger partial charge in [0.15, 0.2) is 5.96 Å². The molecule has 1 aromatic carbocycles. The van der Waals surface area contributed by atoms with E-state index >= 15 is 0 Å². The Balaban J connectivity index is 1.79. The smallest absolute Gasteiger partial charge is 0.191 e. The standard InChI is InChI=1S/C16H21Cl2N5/c1-12(11-23-7-3-6-22-23)9-20-16(19-2)21-10-13-4-5-14(17)8-15(13)18/h3-8,12H,9-11H2,1-2H3,(H2,19,20,21). The van der Waals surface area contributed by atoms with Gasteiger partial charge >= 0.3 is 0 Å². The summed E-state index contributed by atoms with van der Waals surface area (Å²) in [6, 6.07) is 7.40. The molecule has 23 heavy (non-hydrogen) atoms. The minimum atomic E-state index is 0.424. The molecule has 0 radical (unpaired) electrons. The molecule has 0 bridgehead atoms. The van der Waals surface area contributed by atoms with E-state index in [4.69, 9.17) is 23.2 Å². The van der Waals surface area contributed by atoms with Gasteiger partial charge in [-0.15, -0.1) is 0 Å². The summed E-state index contributed by atoms with van der Waals surface area (Å²) >= 11 is 12.1. The zero-order valence-corrected chi connectivity index (χ0v) is 14.8. The van der Waals surface area contributed by atoms with E-state index < -0.39 is 0 Å². The van der Waals surface area contributed by atoms with Crippen molar-refractivity contribution in [2.24, 2.45) is 10.9 Å². The minimum absolute atomic E-state index is 0.424. The first-order chi connectivity index (χ1) is 11.1. The van der Waals surface area contributed by atoms with E-state index in [0.717, 1.165) is 24.6 Å². The van der Waals surface area contributed by atoms with Gasteiger partial charge in [0.1, 0.15) is 0 Å². The molecule has 0 saturated carbocycles. The van der Waals surface area contributed by atoms with Crippen LogP contribution in [0, 0.1) is 5.92 Å². The van der Waals surface area contributed by atoms with Crippen LogP contribution in [0.2, 0.25) is 10.0 Å². The molecule has 0 aliphatic heterocycles. The fraction of sp³-hybridized carbons (Fsp3) is 0.375. The second-order valence-corrected chi connectivity index (χ2v) is 6.22. The van der Waals surface area contributed by atoms with Crippen LogP contribution in [0.5, 0.6) is 0 Å². The van der Waals surface area contributed by atoms with Gasteiger partial charge in [-0.25, -0.2) is 0 Å². The molecule has 0 amide bonds. The molecule has 2 aromatic rings. The van der Waals surface area contributed by atoms with Gasteiger partial charge in [-0.05, 0) is 29.7 Å². The quantitative estimate of drug-likeness (QED) is 0.619. The van der Waals surface area contributed by atoms with Gasteiger partial charge in [-0.1, -0.05) is 36.2 Å². The third-order valence-electron chi connectivity index (χ3n) is 3.36. The zero-order chi connectivity index (χ0) is 16.7. The highest BCUT2D eigenvalue weighted by Crippen LogP contribution is 2.20. The SMILES string of the molecule is CN=C(NCc1ccc(Cl)cc1Cl)NCC(C)Cn1cccn1. The molecule has 2 N–H and O–H groups in total. The molecule has 0 spiro atoms. The van der Waals surface area contributed by atoms with Gasteiger partial charge in [0, 0.05) is 49.1 Å². The lowest BCUT2D eigenvalue weighted by atomic mass is 10.2. The van der Waals surface area contributed by atoms with Crippen LogP contribution in [0.15, 0.2) is 41.7 Å². The Kier molecular flexibility index (Phi) is 6.74. The predicted molar refractivity (Wildman–Crippen MR) is 96.1 cm³/mol. The number of benzene rings is 1. The van der Waals surface area contributed by atoms with Gasteiger partial charge in [-0.3, -0.25) is 9.67 Å². The Morgan fingerprint density at radius 2 is 2.17 bits per heavy atom.